The summed E-state index contributed by atoms with van der Waals surface area (Å²) in [5.74, 6) is -0.395. The molecule has 3 aromatic rings. The fourth-order valence-electron chi connectivity index (χ4n) is 2.53. The number of rotatable bonds is 4. The molecule has 0 amide bonds. The number of aromatic amines is 2. The lowest BCUT2D eigenvalue weighted by molar-refractivity contribution is 0.0526. The highest BCUT2D eigenvalue weighted by atomic mass is 35.5. The molecule has 23 heavy (non-hydrogen) atoms. The molecule has 0 fully saturated rings. The molecule has 0 saturated heterocycles. The standard InChI is InChI=1S/C17H16ClN3O2/c1-3-23-17(22)14-10(2)20-21-16(14)15-12(8-9-19-15)11-6-4-5-7-13(11)18/h4-9,19H,3H2,1-2H3,(H,20,21). The van der Waals surface area contributed by atoms with Gasteiger partial charge in [0.25, 0.3) is 0 Å². The number of nitrogens with zero attached hydrogens (tertiary/aromatic N) is 1. The van der Waals surface area contributed by atoms with Crippen molar-refractivity contribution in [3.05, 3.63) is 52.8 Å². The number of halogens is 1. The molecule has 0 aliphatic rings. The first-order valence-corrected chi connectivity index (χ1v) is 7.66. The number of aryl methyl sites for hydroxylation is 1. The van der Waals surface area contributed by atoms with E-state index in [1.165, 1.54) is 0 Å². The zero-order valence-electron chi connectivity index (χ0n) is 12.8. The number of carbonyl (C=O) groups is 1. The zero-order valence-corrected chi connectivity index (χ0v) is 13.6. The Morgan fingerprint density at radius 3 is 2.78 bits per heavy atom. The van der Waals surface area contributed by atoms with E-state index in [9.17, 15) is 4.79 Å². The fourth-order valence-corrected chi connectivity index (χ4v) is 2.77. The van der Waals surface area contributed by atoms with E-state index >= 15 is 0 Å². The Balaban J connectivity index is 2.14. The van der Waals surface area contributed by atoms with Gasteiger partial charge in [0.2, 0.25) is 0 Å². The van der Waals surface area contributed by atoms with E-state index in [4.69, 9.17) is 16.3 Å². The van der Waals surface area contributed by atoms with Crippen LogP contribution < -0.4 is 0 Å². The number of hydrogen-bond donors (Lipinski definition) is 2. The number of carbonyl (C=O) groups excluding carboxylic acids is 1. The maximum absolute atomic E-state index is 12.2. The Morgan fingerprint density at radius 2 is 2.04 bits per heavy atom. The van der Waals surface area contributed by atoms with E-state index < -0.39 is 5.97 Å². The van der Waals surface area contributed by atoms with Crippen molar-refractivity contribution in [1.29, 1.82) is 0 Å². The van der Waals surface area contributed by atoms with E-state index in [2.05, 4.69) is 15.2 Å². The summed E-state index contributed by atoms with van der Waals surface area (Å²) in [4.78, 5) is 15.4. The van der Waals surface area contributed by atoms with Gasteiger partial charge >= 0.3 is 5.97 Å². The number of esters is 1. The number of aromatic nitrogens is 3. The van der Waals surface area contributed by atoms with Crippen molar-refractivity contribution in [2.45, 2.75) is 13.8 Å². The number of nitrogens with one attached hydrogen (secondary N) is 2. The smallest absolute Gasteiger partial charge is 0.342 e. The second-order valence-electron chi connectivity index (χ2n) is 5.04. The van der Waals surface area contributed by atoms with Gasteiger partial charge in [-0.2, -0.15) is 5.10 Å². The van der Waals surface area contributed by atoms with Gasteiger partial charge in [-0.15, -0.1) is 0 Å². The number of benzene rings is 1. The van der Waals surface area contributed by atoms with Crippen LogP contribution in [0.5, 0.6) is 0 Å². The summed E-state index contributed by atoms with van der Waals surface area (Å²) < 4.78 is 5.14. The van der Waals surface area contributed by atoms with E-state index in [0.717, 1.165) is 16.8 Å². The molecule has 6 heteroatoms. The third kappa shape index (κ3) is 2.75. The predicted molar refractivity (Wildman–Crippen MR) is 89.5 cm³/mol. The van der Waals surface area contributed by atoms with Crippen molar-refractivity contribution < 1.29 is 9.53 Å². The summed E-state index contributed by atoms with van der Waals surface area (Å²) in [6, 6.07) is 9.46. The highest BCUT2D eigenvalue weighted by Gasteiger charge is 2.23. The van der Waals surface area contributed by atoms with Crippen molar-refractivity contribution in [1.82, 2.24) is 15.2 Å². The zero-order chi connectivity index (χ0) is 16.4. The lowest BCUT2D eigenvalue weighted by Gasteiger charge is -2.07. The Morgan fingerprint density at radius 1 is 1.26 bits per heavy atom. The van der Waals surface area contributed by atoms with Crippen LogP contribution in [0.2, 0.25) is 5.02 Å². The second-order valence-corrected chi connectivity index (χ2v) is 5.45. The Bertz CT molecular complexity index is 851. The van der Waals surface area contributed by atoms with Crippen molar-refractivity contribution in [3.8, 4) is 22.5 Å². The highest BCUT2D eigenvalue weighted by Crippen LogP contribution is 2.36. The van der Waals surface area contributed by atoms with Crippen LogP contribution >= 0.6 is 11.6 Å². The lowest BCUT2D eigenvalue weighted by atomic mass is 10.0. The molecule has 2 aromatic heterocycles. The molecule has 0 bridgehead atoms. The largest absolute Gasteiger partial charge is 0.462 e. The maximum Gasteiger partial charge on any atom is 0.342 e. The molecule has 3 rings (SSSR count). The molecular weight excluding hydrogens is 314 g/mol. The minimum atomic E-state index is -0.395. The van der Waals surface area contributed by atoms with Gasteiger partial charge in [0.15, 0.2) is 0 Å². The summed E-state index contributed by atoms with van der Waals surface area (Å²) in [5.41, 5.74) is 4.11. The third-order valence-electron chi connectivity index (χ3n) is 3.57. The van der Waals surface area contributed by atoms with E-state index in [0.29, 0.717) is 28.6 Å². The van der Waals surface area contributed by atoms with Gasteiger partial charge in [0.05, 0.1) is 12.3 Å². The van der Waals surface area contributed by atoms with Gasteiger partial charge < -0.3 is 9.72 Å². The van der Waals surface area contributed by atoms with Crippen LogP contribution in [-0.2, 0) is 4.74 Å². The first-order valence-electron chi connectivity index (χ1n) is 7.28. The van der Waals surface area contributed by atoms with Crippen LogP contribution in [0.15, 0.2) is 36.5 Å². The highest BCUT2D eigenvalue weighted by molar-refractivity contribution is 6.33. The van der Waals surface area contributed by atoms with Crippen LogP contribution in [0, 0.1) is 6.92 Å². The third-order valence-corrected chi connectivity index (χ3v) is 3.90. The van der Waals surface area contributed by atoms with Crippen molar-refractivity contribution in [3.63, 3.8) is 0 Å². The normalized spacial score (nSPS) is 10.7. The van der Waals surface area contributed by atoms with E-state index in [-0.39, 0.29) is 0 Å². The van der Waals surface area contributed by atoms with E-state index in [1.807, 2.05) is 30.3 Å². The number of hydrogen-bond acceptors (Lipinski definition) is 3. The molecule has 118 valence electrons. The van der Waals surface area contributed by atoms with Crippen molar-refractivity contribution in [2.24, 2.45) is 0 Å². The Hall–Kier alpha value is -2.53. The van der Waals surface area contributed by atoms with Crippen molar-refractivity contribution in [2.75, 3.05) is 6.61 Å². The summed E-state index contributed by atoms with van der Waals surface area (Å²) in [6.45, 7) is 3.88. The van der Waals surface area contributed by atoms with Gasteiger partial charge in [-0.05, 0) is 26.0 Å². The Kier molecular flexibility index (Phi) is 4.21. The van der Waals surface area contributed by atoms with Crippen LogP contribution in [0.3, 0.4) is 0 Å². The molecule has 0 saturated carbocycles. The van der Waals surface area contributed by atoms with E-state index in [1.54, 1.807) is 20.0 Å². The van der Waals surface area contributed by atoms with Gasteiger partial charge in [-0.25, -0.2) is 4.79 Å². The second kappa shape index (κ2) is 6.30. The number of ether oxygens (including phenoxy) is 1. The van der Waals surface area contributed by atoms with Gasteiger partial charge in [-0.3, -0.25) is 5.10 Å². The van der Waals surface area contributed by atoms with Gasteiger partial charge in [-0.1, -0.05) is 29.8 Å². The van der Waals surface area contributed by atoms with Crippen molar-refractivity contribution >= 4 is 17.6 Å². The summed E-state index contributed by atoms with van der Waals surface area (Å²) in [7, 11) is 0. The quantitative estimate of drug-likeness (QED) is 0.704. The van der Waals surface area contributed by atoms with Crippen LogP contribution in [-0.4, -0.2) is 27.8 Å². The topological polar surface area (TPSA) is 70.8 Å². The number of H-pyrrole nitrogens is 2. The molecule has 0 atom stereocenters. The molecule has 0 spiro atoms. The maximum atomic E-state index is 12.2. The molecule has 2 heterocycles. The molecule has 0 radical (unpaired) electrons. The van der Waals surface area contributed by atoms with Crippen LogP contribution in [0.25, 0.3) is 22.5 Å². The summed E-state index contributed by atoms with van der Waals surface area (Å²) >= 11 is 6.30. The lowest BCUT2D eigenvalue weighted by Crippen LogP contribution is -2.07. The minimum absolute atomic E-state index is 0.311. The fraction of sp³-hybridized carbons (Fsp3) is 0.176. The Labute approximate surface area is 138 Å². The SMILES string of the molecule is CCOC(=O)c1c(-c2[nH]ccc2-c2ccccc2Cl)n[nH]c1C. The molecular formula is C17H16ClN3O2. The monoisotopic (exact) mass is 329 g/mol. The first-order chi connectivity index (χ1) is 11.1. The molecule has 5 nitrogen and oxygen atoms in total. The summed E-state index contributed by atoms with van der Waals surface area (Å²) in [6.07, 6.45) is 1.80. The molecule has 0 aliphatic carbocycles. The van der Waals surface area contributed by atoms with Gasteiger partial charge in [0, 0.05) is 28.0 Å². The summed E-state index contributed by atoms with van der Waals surface area (Å²) in [5, 5.41) is 7.77. The molecule has 0 aliphatic heterocycles. The van der Waals surface area contributed by atoms with Crippen LogP contribution in [0.1, 0.15) is 23.0 Å². The predicted octanol–water partition coefficient (Wildman–Crippen LogP) is 4.21. The van der Waals surface area contributed by atoms with Crippen LogP contribution in [0.4, 0.5) is 0 Å². The molecule has 0 unspecified atom stereocenters. The minimum Gasteiger partial charge on any atom is -0.462 e. The van der Waals surface area contributed by atoms with Gasteiger partial charge in [0.1, 0.15) is 11.3 Å². The molecule has 2 N–H and O–H groups in total. The first kappa shape index (κ1) is 15.4. The average Bonchev–Trinajstić information content (AvgIpc) is 3.14. The molecule has 1 aromatic carbocycles. The average molecular weight is 330 g/mol.